The van der Waals surface area contributed by atoms with Crippen LogP contribution in [0.5, 0.6) is 0 Å². The lowest BCUT2D eigenvalue weighted by Gasteiger charge is -2.21. The van der Waals surface area contributed by atoms with Crippen LogP contribution in [0.1, 0.15) is 27.7 Å². The van der Waals surface area contributed by atoms with E-state index in [0.29, 0.717) is 0 Å². The Kier molecular flexibility index (Phi) is 4.66. The van der Waals surface area contributed by atoms with Gasteiger partial charge in [0.15, 0.2) is 0 Å². The molecular formula is C9H18OS. The van der Waals surface area contributed by atoms with Gasteiger partial charge in [0.05, 0.1) is 5.76 Å². The van der Waals surface area contributed by atoms with Crippen LogP contribution in [0.3, 0.4) is 0 Å². The molecule has 0 N–H and O–H groups in total. The smallest absolute Gasteiger partial charge is 0.100 e. The lowest BCUT2D eigenvalue weighted by atomic mass is 10.2. The zero-order chi connectivity index (χ0) is 8.91. The molecule has 0 rings (SSSR count). The zero-order valence-corrected chi connectivity index (χ0v) is 8.92. The van der Waals surface area contributed by atoms with Gasteiger partial charge in [0.25, 0.3) is 0 Å². The minimum absolute atomic E-state index is 0.0566. The Morgan fingerprint density at radius 1 is 1.45 bits per heavy atom. The third-order valence-electron chi connectivity index (χ3n) is 1.00. The summed E-state index contributed by atoms with van der Waals surface area (Å²) in [6, 6.07) is 0. The molecule has 0 aromatic carbocycles. The van der Waals surface area contributed by atoms with Crippen molar-refractivity contribution in [1.29, 1.82) is 0 Å². The number of hydrogen-bond acceptors (Lipinski definition) is 2. The normalized spacial score (nSPS) is 13.4. The Hall–Kier alpha value is -0.110. The van der Waals surface area contributed by atoms with Crippen LogP contribution in [0.15, 0.2) is 11.8 Å². The molecule has 0 heterocycles. The van der Waals surface area contributed by atoms with Crippen LogP contribution < -0.4 is 0 Å². The zero-order valence-electron chi connectivity index (χ0n) is 8.10. The summed E-state index contributed by atoms with van der Waals surface area (Å²) < 4.78 is 5.59. The molecule has 11 heavy (non-hydrogen) atoms. The van der Waals surface area contributed by atoms with E-state index in [2.05, 4.69) is 33.1 Å². The van der Waals surface area contributed by atoms with Crippen molar-refractivity contribution in [2.75, 3.05) is 12.0 Å². The second-order valence-electron chi connectivity index (χ2n) is 3.48. The van der Waals surface area contributed by atoms with E-state index >= 15 is 0 Å². The van der Waals surface area contributed by atoms with Crippen LogP contribution in [0, 0.1) is 0 Å². The fourth-order valence-corrected chi connectivity index (χ4v) is 1.13. The van der Waals surface area contributed by atoms with E-state index in [4.69, 9.17) is 4.74 Å². The first kappa shape index (κ1) is 10.9. The molecule has 0 amide bonds. The number of ether oxygens (including phenoxy) is 1. The summed E-state index contributed by atoms with van der Waals surface area (Å²) in [5, 5.41) is 0. The van der Waals surface area contributed by atoms with Gasteiger partial charge in [-0.3, -0.25) is 0 Å². The Morgan fingerprint density at radius 2 is 2.00 bits per heavy atom. The van der Waals surface area contributed by atoms with E-state index in [1.165, 1.54) is 0 Å². The highest BCUT2D eigenvalue weighted by atomic mass is 32.2. The number of hydrogen-bond donors (Lipinski definition) is 0. The van der Waals surface area contributed by atoms with Crippen LogP contribution in [-0.4, -0.2) is 17.6 Å². The third-order valence-corrected chi connectivity index (χ3v) is 1.50. The minimum Gasteiger partial charge on any atom is -0.493 e. The molecule has 0 fully saturated rings. The van der Waals surface area contributed by atoms with Gasteiger partial charge in [-0.15, -0.1) is 0 Å². The minimum atomic E-state index is -0.0566. The maximum atomic E-state index is 5.59. The van der Waals surface area contributed by atoms with Gasteiger partial charge in [-0.25, -0.2) is 0 Å². The Labute approximate surface area is 74.2 Å². The predicted molar refractivity (Wildman–Crippen MR) is 53.0 cm³/mol. The molecule has 0 unspecified atom stereocenters. The molecule has 0 aliphatic heterocycles. The highest BCUT2D eigenvalue weighted by Gasteiger charge is 2.10. The Balaban J connectivity index is 3.76. The van der Waals surface area contributed by atoms with Gasteiger partial charge in [-0.2, -0.15) is 11.8 Å². The molecule has 0 saturated carbocycles. The van der Waals surface area contributed by atoms with Gasteiger partial charge in [0, 0.05) is 5.75 Å². The van der Waals surface area contributed by atoms with Crippen LogP contribution in [0.25, 0.3) is 0 Å². The Morgan fingerprint density at radius 3 is 2.36 bits per heavy atom. The second-order valence-corrected chi connectivity index (χ2v) is 4.40. The van der Waals surface area contributed by atoms with Crippen LogP contribution >= 0.6 is 11.8 Å². The summed E-state index contributed by atoms with van der Waals surface area (Å²) >= 11 is 1.80. The fraction of sp³-hybridized carbons (Fsp3) is 0.778. The summed E-state index contributed by atoms with van der Waals surface area (Å²) in [4.78, 5) is 0. The van der Waals surface area contributed by atoms with Crippen LogP contribution in [-0.2, 0) is 4.74 Å². The first-order valence-corrected chi connectivity index (χ1v) is 5.20. The number of rotatable bonds is 3. The molecule has 0 aromatic rings. The van der Waals surface area contributed by atoms with E-state index in [0.717, 1.165) is 11.5 Å². The Bertz CT molecular complexity index is 133. The van der Waals surface area contributed by atoms with E-state index in [1.807, 2.05) is 6.92 Å². The first-order chi connectivity index (χ1) is 4.95. The summed E-state index contributed by atoms with van der Waals surface area (Å²) in [5.74, 6) is 2.05. The summed E-state index contributed by atoms with van der Waals surface area (Å²) in [6.07, 6.45) is 4.19. The van der Waals surface area contributed by atoms with Crippen LogP contribution in [0.4, 0.5) is 0 Å². The van der Waals surface area contributed by atoms with Crippen molar-refractivity contribution in [2.45, 2.75) is 33.3 Å². The monoisotopic (exact) mass is 174 g/mol. The molecule has 1 nitrogen and oxygen atoms in total. The molecule has 0 aliphatic rings. The van der Waals surface area contributed by atoms with Gasteiger partial charge < -0.3 is 4.74 Å². The molecule has 0 bridgehead atoms. The van der Waals surface area contributed by atoms with Gasteiger partial charge >= 0.3 is 0 Å². The van der Waals surface area contributed by atoms with E-state index < -0.39 is 0 Å². The van der Waals surface area contributed by atoms with Crippen molar-refractivity contribution < 1.29 is 4.74 Å². The molecule has 0 atom stereocenters. The quantitative estimate of drug-likeness (QED) is 0.608. The van der Waals surface area contributed by atoms with Gasteiger partial charge in [-0.1, -0.05) is 0 Å². The van der Waals surface area contributed by atoms with Gasteiger partial charge in [0.2, 0.25) is 0 Å². The maximum Gasteiger partial charge on any atom is 0.100 e. The lowest BCUT2D eigenvalue weighted by molar-refractivity contribution is 0.0532. The topological polar surface area (TPSA) is 9.23 Å². The highest BCUT2D eigenvalue weighted by Crippen LogP contribution is 2.13. The molecule has 66 valence electrons. The van der Waals surface area contributed by atoms with Crippen LogP contribution in [0.2, 0.25) is 0 Å². The predicted octanol–water partition coefficient (Wildman–Crippen LogP) is 3.07. The van der Waals surface area contributed by atoms with Gasteiger partial charge in [0.1, 0.15) is 5.60 Å². The van der Waals surface area contributed by atoms with Crippen molar-refractivity contribution in [1.82, 2.24) is 0 Å². The first-order valence-electron chi connectivity index (χ1n) is 3.80. The van der Waals surface area contributed by atoms with E-state index in [-0.39, 0.29) is 5.60 Å². The molecule has 0 radical (unpaired) electrons. The standard InChI is InChI=1S/C9H18OS/c1-8(6-7-11-5)10-9(2,3)4/h6H,7H2,1-5H3/b8-6-. The number of thioether (sulfide) groups is 1. The molecule has 0 spiro atoms. The van der Waals surface area contributed by atoms with Crippen molar-refractivity contribution in [3.63, 3.8) is 0 Å². The molecule has 0 aromatic heterocycles. The van der Waals surface area contributed by atoms with Crippen molar-refractivity contribution in [2.24, 2.45) is 0 Å². The van der Waals surface area contributed by atoms with E-state index in [9.17, 15) is 0 Å². The second kappa shape index (κ2) is 4.70. The average molecular weight is 174 g/mol. The summed E-state index contributed by atoms with van der Waals surface area (Å²) in [5.41, 5.74) is -0.0566. The van der Waals surface area contributed by atoms with Gasteiger partial charge in [-0.05, 0) is 40.0 Å². The fourth-order valence-electron chi connectivity index (χ4n) is 0.725. The molecule has 0 aliphatic carbocycles. The molecule has 0 saturated heterocycles. The lowest BCUT2D eigenvalue weighted by Crippen LogP contribution is -2.17. The van der Waals surface area contributed by atoms with Crippen molar-refractivity contribution in [3.05, 3.63) is 11.8 Å². The van der Waals surface area contributed by atoms with Crippen molar-refractivity contribution >= 4 is 11.8 Å². The summed E-state index contributed by atoms with van der Waals surface area (Å²) in [7, 11) is 0. The third kappa shape index (κ3) is 7.79. The SMILES string of the molecule is CSC/C=C(/C)OC(C)(C)C. The molecule has 2 heteroatoms. The number of allylic oxidation sites excluding steroid dienone is 1. The van der Waals surface area contributed by atoms with Crippen molar-refractivity contribution in [3.8, 4) is 0 Å². The molecular weight excluding hydrogens is 156 g/mol. The largest absolute Gasteiger partial charge is 0.493 e. The maximum absolute atomic E-state index is 5.59. The summed E-state index contributed by atoms with van der Waals surface area (Å²) in [6.45, 7) is 8.18. The van der Waals surface area contributed by atoms with E-state index in [1.54, 1.807) is 11.8 Å². The average Bonchev–Trinajstić information content (AvgIpc) is 1.79. The highest BCUT2D eigenvalue weighted by molar-refractivity contribution is 7.98.